The number of nitrogens with zero attached hydrogens (tertiary/aromatic N) is 4. The van der Waals surface area contributed by atoms with Gasteiger partial charge in [0.1, 0.15) is 0 Å². The number of aryl methyl sites for hydroxylation is 2. The Labute approximate surface area is 104 Å². The lowest BCUT2D eigenvalue weighted by atomic mass is 10.1. The zero-order valence-corrected chi connectivity index (χ0v) is 10.0. The lowest BCUT2D eigenvalue weighted by Gasteiger charge is -2.17. The molecule has 94 valence electrons. The maximum absolute atomic E-state index is 11.9. The molecular weight excluding hydrogens is 230 g/mol. The van der Waals surface area contributed by atoms with Gasteiger partial charge in [0.2, 0.25) is 0 Å². The number of hydrogen-bond donors (Lipinski definition) is 1. The van der Waals surface area contributed by atoms with Crippen LogP contribution in [0.5, 0.6) is 0 Å². The number of fused-ring (bicyclic) bond motifs is 1. The number of nitrogens with one attached hydrogen (secondary N) is 1. The molecule has 3 rings (SSSR count). The smallest absolute Gasteiger partial charge is 0.267 e. The van der Waals surface area contributed by atoms with Crippen molar-refractivity contribution < 1.29 is 0 Å². The van der Waals surface area contributed by atoms with E-state index in [1.54, 1.807) is 16.9 Å². The van der Waals surface area contributed by atoms with Crippen molar-refractivity contribution in [2.45, 2.75) is 26.1 Å². The van der Waals surface area contributed by atoms with Crippen LogP contribution in [0.1, 0.15) is 11.3 Å². The molecule has 0 atom stereocenters. The second kappa shape index (κ2) is 4.73. The van der Waals surface area contributed by atoms with Gasteiger partial charge in [-0.2, -0.15) is 10.2 Å². The van der Waals surface area contributed by atoms with Crippen molar-refractivity contribution in [1.82, 2.24) is 24.9 Å². The average molecular weight is 245 g/mol. The lowest BCUT2D eigenvalue weighted by molar-refractivity contribution is 0.468. The molecule has 2 aromatic heterocycles. The first kappa shape index (κ1) is 11.2. The van der Waals surface area contributed by atoms with Crippen LogP contribution in [0.25, 0.3) is 0 Å². The van der Waals surface area contributed by atoms with Gasteiger partial charge < -0.3 is 5.32 Å². The fourth-order valence-electron chi connectivity index (χ4n) is 2.15. The van der Waals surface area contributed by atoms with Crippen molar-refractivity contribution in [3.63, 3.8) is 0 Å². The van der Waals surface area contributed by atoms with Crippen LogP contribution in [-0.4, -0.2) is 26.1 Å². The molecule has 0 bridgehead atoms. The number of hydrogen-bond acceptors (Lipinski definition) is 4. The Morgan fingerprint density at radius 1 is 1.39 bits per heavy atom. The summed E-state index contributed by atoms with van der Waals surface area (Å²) in [5.74, 6) is 0. The van der Waals surface area contributed by atoms with Crippen molar-refractivity contribution in [3.8, 4) is 0 Å². The van der Waals surface area contributed by atoms with Crippen LogP contribution >= 0.6 is 0 Å². The zero-order valence-electron chi connectivity index (χ0n) is 10.0. The summed E-state index contributed by atoms with van der Waals surface area (Å²) in [4.78, 5) is 11.9. The Hall–Kier alpha value is -1.95. The molecule has 2 aromatic rings. The van der Waals surface area contributed by atoms with Crippen LogP contribution < -0.4 is 10.9 Å². The monoisotopic (exact) mass is 245 g/mol. The van der Waals surface area contributed by atoms with E-state index in [9.17, 15) is 4.79 Å². The normalized spacial score (nSPS) is 14.4. The predicted octanol–water partition coefficient (Wildman–Crippen LogP) is -0.214. The van der Waals surface area contributed by atoms with Crippen LogP contribution in [0.2, 0.25) is 0 Å². The van der Waals surface area contributed by atoms with E-state index in [-0.39, 0.29) is 5.56 Å². The summed E-state index contributed by atoms with van der Waals surface area (Å²) in [6, 6.07) is 3.56. The van der Waals surface area contributed by atoms with Gasteiger partial charge in [-0.25, -0.2) is 4.68 Å². The summed E-state index contributed by atoms with van der Waals surface area (Å²) in [5.41, 5.74) is 2.03. The Kier molecular flexibility index (Phi) is 2.93. The van der Waals surface area contributed by atoms with Gasteiger partial charge in [-0.15, -0.1) is 0 Å². The zero-order chi connectivity index (χ0) is 12.4. The highest BCUT2D eigenvalue weighted by Crippen LogP contribution is 2.07. The molecule has 0 fully saturated rings. The molecule has 0 aromatic carbocycles. The molecule has 1 aliphatic heterocycles. The minimum atomic E-state index is -0.0374. The fraction of sp³-hybridized carbons (Fsp3) is 0.417. The molecule has 6 nitrogen and oxygen atoms in total. The van der Waals surface area contributed by atoms with Crippen LogP contribution in [0.3, 0.4) is 0 Å². The van der Waals surface area contributed by atoms with Crippen molar-refractivity contribution in [1.29, 1.82) is 0 Å². The molecule has 18 heavy (non-hydrogen) atoms. The minimum Gasteiger partial charge on any atom is -0.312 e. The first-order valence-corrected chi connectivity index (χ1v) is 6.11. The highest BCUT2D eigenvalue weighted by molar-refractivity contribution is 5.20. The van der Waals surface area contributed by atoms with Gasteiger partial charge in [-0.3, -0.25) is 9.48 Å². The van der Waals surface area contributed by atoms with E-state index in [0.29, 0.717) is 13.1 Å². The summed E-state index contributed by atoms with van der Waals surface area (Å²) < 4.78 is 3.33. The van der Waals surface area contributed by atoms with Gasteiger partial charge in [-0.05, 0) is 11.6 Å². The van der Waals surface area contributed by atoms with Gasteiger partial charge in [0, 0.05) is 38.0 Å². The molecule has 6 heteroatoms. The van der Waals surface area contributed by atoms with E-state index in [0.717, 1.165) is 30.8 Å². The highest BCUT2D eigenvalue weighted by Gasteiger charge is 2.12. The maximum Gasteiger partial charge on any atom is 0.267 e. The molecule has 3 heterocycles. The predicted molar refractivity (Wildman–Crippen MR) is 66.1 cm³/mol. The largest absolute Gasteiger partial charge is 0.312 e. The van der Waals surface area contributed by atoms with Crippen LogP contribution in [0.15, 0.2) is 29.3 Å². The third-order valence-corrected chi connectivity index (χ3v) is 3.12. The average Bonchev–Trinajstić information content (AvgIpc) is 2.89. The van der Waals surface area contributed by atoms with Gasteiger partial charge in [-0.1, -0.05) is 0 Å². The van der Waals surface area contributed by atoms with E-state index < -0.39 is 0 Å². The summed E-state index contributed by atoms with van der Waals surface area (Å²) in [5, 5.41) is 11.8. The Morgan fingerprint density at radius 2 is 2.33 bits per heavy atom. The first-order valence-electron chi connectivity index (χ1n) is 6.11. The molecule has 0 amide bonds. The molecule has 1 N–H and O–H groups in total. The molecule has 0 unspecified atom stereocenters. The number of aromatic nitrogens is 4. The SMILES string of the molecule is O=c1cc2c(nn1CCn1cccn1)CCNC2. The molecular formula is C12H15N5O. The summed E-state index contributed by atoms with van der Waals surface area (Å²) in [6.45, 7) is 2.90. The molecule has 0 aliphatic carbocycles. The standard InChI is InChI=1S/C12H15N5O/c18-12-8-10-9-13-4-2-11(10)15-17(12)7-6-16-5-1-3-14-16/h1,3,5,8,13H,2,4,6-7,9H2. The Balaban J connectivity index is 1.81. The summed E-state index contributed by atoms with van der Waals surface area (Å²) >= 11 is 0. The third kappa shape index (κ3) is 2.19. The second-order valence-electron chi connectivity index (χ2n) is 4.37. The Bertz CT molecular complexity index is 587. The van der Waals surface area contributed by atoms with Gasteiger partial charge in [0.25, 0.3) is 5.56 Å². The summed E-state index contributed by atoms with van der Waals surface area (Å²) in [7, 11) is 0. The van der Waals surface area contributed by atoms with E-state index in [4.69, 9.17) is 0 Å². The van der Waals surface area contributed by atoms with Gasteiger partial charge >= 0.3 is 0 Å². The van der Waals surface area contributed by atoms with Crippen molar-refractivity contribution >= 4 is 0 Å². The number of rotatable bonds is 3. The van der Waals surface area contributed by atoms with Crippen molar-refractivity contribution in [2.24, 2.45) is 0 Å². The fourth-order valence-corrected chi connectivity index (χ4v) is 2.15. The van der Waals surface area contributed by atoms with E-state index >= 15 is 0 Å². The van der Waals surface area contributed by atoms with Gasteiger partial charge in [0.15, 0.2) is 0 Å². The molecule has 0 spiro atoms. The van der Waals surface area contributed by atoms with Crippen LogP contribution in [0, 0.1) is 0 Å². The Morgan fingerprint density at radius 3 is 3.17 bits per heavy atom. The first-order chi connectivity index (χ1) is 8.83. The summed E-state index contributed by atoms with van der Waals surface area (Å²) in [6.07, 6.45) is 4.50. The second-order valence-corrected chi connectivity index (χ2v) is 4.37. The maximum atomic E-state index is 11.9. The van der Waals surface area contributed by atoms with Gasteiger partial charge in [0.05, 0.1) is 18.8 Å². The van der Waals surface area contributed by atoms with Crippen molar-refractivity contribution in [3.05, 3.63) is 46.1 Å². The van der Waals surface area contributed by atoms with E-state index in [1.807, 2.05) is 12.3 Å². The third-order valence-electron chi connectivity index (χ3n) is 3.12. The van der Waals surface area contributed by atoms with E-state index in [2.05, 4.69) is 15.5 Å². The topological polar surface area (TPSA) is 64.7 Å². The minimum absolute atomic E-state index is 0.0374. The molecule has 0 radical (unpaired) electrons. The molecule has 0 saturated carbocycles. The van der Waals surface area contributed by atoms with Crippen molar-refractivity contribution in [2.75, 3.05) is 6.54 Å². The highest BCUT2D eigenvalue weighted by atomic mass is 16.1. The van der Waals surface area contributed by atoms with Crippen LogP contribution in [-0.2, 0) is 26.1 Å². The quantitative estimate of drug-likeness (QED) is 0.812. The van der Waals surface area contributed by atoms with Crippen LogP contribution in [0.4, 0.5) is 0 Å². The van der Waals surface area contributed by atoms with E-state index in [1.165, 1.54) is 4.68 Å². The molecule has 1 aliphatic rings. The lowest BCUT2D eigenvalue weighted by Crippen LogP contribution is -2.32. The molecule has 0 saturated heterocycles.